The summed E-state index contributed by atoms with van der Waals surface area (Å²) < 4.78 is 0. The lowest BCUT2D eigenvalue weighted by Crippen LogP contribution is -2.30. The molecular weight excluding hydrogens is 176 g/mol. The van der Waals surface area contributed by atoms with Crippen LogP contribution in [0, 0.1) is 53.3 Å². The van der Waals surface area contributed by atoms with Crippen molar-refractivity contribution in [3.05, 3.63) is 0 Å². The fourth-order valence-corrected chi connectivity index (χ4v) is 6.42. The molecule has 6 aliphatic carbocycles. The van der Waals surface area contributed by atoms with Gasteiger partial charge in [0.15, 0.2) is 0 Å². The number of ketones is 2. The lowest BCUT2D eigenvalue weighted by Gasteiger charge is -2.30. The van der Waals surface area contributed by atoms with Gasteiger partial charge in [-0.1, -0.05) is 6.92 Å². The zero-order valence-electron chi connectivity index (χ0n) is 8.01. The average molecular weight is 188 g/mol. The van der Waals surface area contributed by atoms with Crippen molar-refractivity contribution in [1.82, 2.24) is 0 Å². The van der Waals surface area contributed by atoms with E-state index in [0.717, 1.165) is 0 Å². The third-order valence-corrected chi connectivity index (χ3v) is 6.29. The first-order valence-corrected chi connectivity index (χ1v) is 5.81. The highest BCUT2D eigenvalue weighted by atomic mass is 16.1. The van der Waals surface area contributed by atoms with Gasteiger partial charge in [-0.3, -0.25) is 9.59 Å². The normalized spacial score (nSPS) is 75.1. The fraction of sp³-hybridized carbons (Fsp3) is 0.833. The van der Waals surface area contributed by atoms with Gasteiger partial charge in [0.05, 0.1) is 0 Å². The van der Waals surface area contributed by atoms with E-state index in [0.29, 0.717) is 53.0 Å². The number of hydrogen-bond donors (Lipinski definition) is 0. The third-order valence-electron chi connectivity index (χ3n) is 6.29. The summed E-state index contributed by atoms with van der Waals surface area (Å²) in [6.45, 7) is 2.28. The topological polar surface area (TPSA) is 34.1 Å². The highest BCUT2D eigenvalue weighted by Gasteiger charge is 2.85. The zero-order valence-corrected chi connectivity index (χ0v) is 8.01. The predicted octanol–water partition coefficient (Wildman–Crippen LogP) is 0.758. The molecule has 0 heterocycles. The molecule has 6 fully saturated rings. The average Bonchev–Trinajstić information content (AvgIpc) is 2.86. The minimum absolute atomic E-state index is 0.202. The van der Waals surface area contributed by atoms with Crippen molar-refractivity contribution in [2.45, 2.75) is 6.92 Å². The van der Waals surface area contributed by atoms with Gasteiger partial charge in [0.2, 0.25) is 0 Å². The summed E-state index contributed by atoms with van der Waals surface area (Å²) in [6, 6.07) is 0. The Kier molecular flexibility index (Phi) is 0.732. The van der Waals surface area contributed by atoms with Crippen LogP contribution in [0.2, 0.25) is 0 Å². The van der Waals surface area contributed by atoms with Gasteiger partial charge in [0, 0.05) is 23.7 Å². The summed E-state index contributed by atoms with van der Waals surface area (Å²) >= 11 is 0. The summed E-state index contributed by atoms with van der Waals surface area (Å²) in [5.41, 5.74) is 0. The molecule has 72 valence electrons. The van der Waals surface area contributed by atoms with Crippen LogP contribution in [0.1, 0.15) is 6.92 Å². The van der Waals surface area contributed by atoms with Crippen molar-refractivity contribution >= 4 is 11.6 Å². The maximum absolute atomic E-state index is 12.0. The molecule has 0 aromatic rings. The second-order valence-electron chi connectivity index (χ2n) is 6.08. The molecule has 0 saturated heterocycles. The van der Waals surface area contributed by atoms with Gasteiger partial charge >= 0.3 is 0 Å². The number of carbonyl (C=O) groups excluding carboxylic acids is 2. The minimum Gasteiger partial charge on any atom is -0.299 e. The molecule has 0 aromatic carbocycles. The highest BCUT2D eigenvalue weighted by Crippen LogP contribution is 2.81. The van der Waals surface area contributed by atoms with E-state index in [4.69, 9.17) is 0 Å². The van der Waals surface area contributed by atoms with Gasteiger partial charge in [0.25, 0.3) is 0 Å². The Labute approximate surface area is 82.0 Å². The molecule has 2 nitrogen and oxygen atoms in total. The third kappa shape index (κ3) is 0.344. The Hall–Kier alpha value is -0.660. The van der Waals surface area contributed by atoms with E-state index < -0.39 is 0 Å². The molecule has 0 N–H and O–H groups in total. The predicted molar refractivity (Wildman–Crippen MR) is 47.1 cm³/mol. The largest absolute Gasteiger partial charge is 0.299 e. The van der Waals surface area contributed by atoms with E-state index in [2.05, 4.69) is 6.92 Å². The van der Waals surface area contributed by atoms with Crippen LogP contribution >= 0.6 is 0 Å². The summed E-state index contributed by atoms with van der Waals surface area (Å²) in [5.74, 6) is 4.97. The zero-order chi connectivity index (χ0) is 9.35. The summed E-state index contributed by atoms with van der Waals surface area (Å²) in [5, 5.41) is 0. The molecule has 0 radical (unpaired) electrons. The van der Waals surface area contributed by atoms with E-state index in [1.54, 1.807) is 0 Å². The van der Waals surface area contributed by atoms with Crippen LogP contribution in [-0.2, 0) is 9.59 Å². The Morgan fingerprint density at radius 1 is 0.714 bits per heavy atom. The first kappa shape index (κ1) is 6.76. The van der Waals surface area contributed by atoms with Crippen LogP contribution in [-0.4, -0.2) is 11.6 Å². The number of rotatable bonds is 0. The molecule has 0 spiro atoms. The molecule has 6 rings (SSSR count). The molecular formula is C12H12O2. The SMILES string of the molecule is CC1C2C3C4C(=O)[C@H]5C3C(=O)[C@@H]2[C@H]5[C@@H]14. The van der Waals surface area contributed by atoms with Crippen molar-refractivity contribution in [1.29, 1.82) is 0 Å². The summed E-state index contributed by atoms with van der Waals surface area (Å²) in [6.07, 6.45) is 0. The maximum Gasteiger partial charge on any atom is 0.140 e. The molecule has 6 bridgehead atoms. The van der Waals surface area contributed by atoms with Crippen molar-refractivity contribution in [2.24, 2.45) is 53.3 Å². The Bertz CT molecular complexity index is 375. The number of carbonyl (C=O) groups is 2. The van der Waals surface area contributed by atoms with Crippen LogP contribution in [0.3, 0.4) is 0 Å². The van der Waals surface area contributed by atoms with E-state index in [9.17, 15) is 9.59 Å². The molecule has 9 atom stereocenters. The fourth-order valence-electron chi connectivity index (χ4n) is 6.42. The van der Waals surface area contributed by atoms with Gasteiger partial charge in [-0.2, -0.15) is 0 Å². The van der Waals surface area contributed by atoms with Crippen molar-refractivity contribution in [3.63, 3.8) is 0 Å². The number of Topliss-reactive ketones (excluding diaryl/α,β-unsaturated/α-hetero) is 2. The highest BCUT2D eigenvalue weighted by molar-refractivity contribution is 6.05. The number of hydrogen-bond acceptors (Lipinski definition) is 2. The molecule has 14 heavy (non-hydrogen) atoms. The second-order valence-corrected chi connectivity index (χ2v) is 6.08. The lowest BCUT2D eigenvalue weighted by atomic mass is 9.71. The van der Waals surface area contributed by atoms with Crippen LogP contribution in [0.25, 0.3) is 0 Å². The van der Waals surface area contributed by atoms with E-state index in [1.165, 1.54) is 0 Å². The molecule has 5 unspecified atom stereocenters. The monoisotopic (exact) mass is 188 g/mol. The Morgan fingerprint density at radius 3 is 1.57 bits per heavy atom. The van der Waals surface area contributed by atoms with Crippen molar-refractivity contribution in [3.8, 4) is 0 Å². The minimum atomic E-state index is 0.202. The van der Waals surface area contributed by atoms with E-state index >= 15 is 0 Å². The molecule has 6 aliphatic rings. The van der Waals surface area contributed by atoms with Crippen LogP contribution in [0.5, 0.6) is 0 Å². The van der Waals surface area contributed by atoms with Crippen molar-refractivity contribution in [2.75, 3.05) is 0 Å². The standard InChI is InChI=1S/C12H12O2/c1-2-3-5-8-4(2)6-7(3)11(13)9(5)10(6)12(8)14/h2-10H,1H3/t2?,3-,4?,5-,6?,7?,8+,9-,10?/m1/s1. The molecule has 0 aliphatic heterocycles. The first-order chi connectivity index (χ1) is 6.73. The van der Waals surface area contributed by atoms with Gasteiger partial charge in [-0.15, -0.1) is 0 Å². The van der Waals surface area contributed by atoms with E-state index in [1.807, 2.05) is 0 Å². The van der Waals surface area contributed by atoms with Crippen molar-refractivity contribution < 1.29 is 9.59 Å². The molecule has 0 amide bonds. The quantitative estimate of drug-likeness (QED) is 0.562. The lowest BCUT2D eigenvalue weighted by molar-refractivity contribution is -0.125. The maximum atomic E-state index is 12.0. The van der Waals surface area contributed by atoms with Gasteiger partial charge in [-0.05, 0) is 29.6 Å². The molecule has 0 aromatic heterocycles. The first-order valence-electron chi connectivity index (χ1n) is 5.81. The Morgan fingerprint density at radius 2 is 1.14 bits per heavy atom. The Balaban J connectivity index is 1.91. The van der Waals surface area contributed by atoms with E-state index in [-0.39, 0.29) is 11.8 Å². The van der Waals surface area contributed by atoms with Gasteiger partial charge < -0.3 is 0 Å². The van der Waals surface area contributed by atoms with Gasteiger partial charge in [-0.25, -0.2) is 0 Å². The van der Waals surface area contributed by atoms with Crippen LogP contribution < -0.4 is 0 Å². The van der Waals surface area contributed by atoms with Gasteiger partial charge in [0.1, 0.15) is 11.6 Å². The van der Waals surface area contributed by atoms with Crippen LogP contribution in [0.4, 0.5) is 0 Å². The molecule has 6 saturated carbocycles. The van der Waals surface area contributed by atoms with Crippen LogP contribution in [0.15, 0.2) is 0 Å². The second kappa shape index (κ2) is 1.52. The summed E-state index contributed by atoms with van der Waals surface area (Å²) in [7, 11) is 0. The summed E-state index contributed by atoms with van der Waals surface area (Å²) in [4.78, 5) is 24.1. The smallest absolute Gasteiger partial charge is 0.140 e. The molecule has 2 heteroatoms.